The largest absolute Gasteiger partial charge is 0.453 e. The number of hydrogen-bond acceptors (Lipinski definition) is 5. The molecule has 0 saturated heterocycles. The van der Waals surface area contributed by atoms with Crippen LogP contribution in [0.15, 0.2) is 97.1 Å². The van der Waals surface area contributed by atoms with Gasteiger partial charge in [0, 0.05) is 22.4 Å². The van der Waals surface area contributed by atoms with Gasteiger partial charge < -0.3 is 14.8 Å². The maximum atomic E-state index is 13.8. The molecule has 3 N–H and O–H groups in total. The third-order valence-corrected chi connectivity index (χ3v) is 6.77. The molecule has 1 aliphatic rings. The number of aromatic amines is 1. The number of ether oxygens (including phenoxy) is 1. The Morgan fingerprint density at radius 3 is 2.55 bits per heavy atom. The molecule has 0 spiro atoms. The van der Waals surface area contributed by atoms with Crippen molar-refractivity contribution >= 4 is 34.7 Å². The highest BCUT2D eigenvalue weighted by atomic mass is 16.5. The monoisotopic (exact) mass is 504 g/mol. The number of aliphatic hydroxyl groups is 1. The van der Waals surface area contributed by atoms with Crippen LogP contribution in [0.5, 0.6) is 0 Å². The summed E-state index contributed by atoms with van der Waals surface area (Å²) < 4.78 is 4.64. The average Bonchev–Trinajstić information content (AvgIpc) is 3.45. The Morgan fingerprint density at radius 2 is 1.74 bits per heavy atom. The first-order valence-electron chi connectivity index (χ1n) is 12.1. The Bertz CT molecular complexity index is 1680. The lowest BCUT2D eigenvalue weighted by atomic mass is 9.93. The number of carbonyl (C=O) groups is 2. The summed E-state index contributed by atoms with van der Waals surface area (Å²) in [7, 11) is 1.27. The second-order valence-corrected chi connectivity index (χ2v) is 9.12. The van der Waals surface area contributed by atoms with Crippen molar-refractivity contribution in [3.63, 3.8) is 0 Å². The minimum atomic E-state index is -1.77. The summed E-state index contributed by atoms with van der Waals surface area (Å²) >= 11 is 0. The van der Waals surface area contributed by atoms with Gasteiger partial charge in [0.1, 0.15) is 0 Å². The van der Waals surface area contributed by atoms with Crippen LogP contribution in [0, 0.1) is 0 Å². The molecular formula is C30H24N4O4. The molecule has 6 rings (SSSR count). The molecule has 8 heteroatoms. The van der Waals surface area contributed by atoms with E-state index in [2.05, 4.69) is 32.2 Å². The van der Waals surface area contributed by atoms with E-state index in [1.165, 1.54) is 12.0 Å². The van der Waals surface area contributed by atoms with E-state index in [0.29, 0.717) is 39.8 Å². The molecule has 0 aliphatic carbocycles. The number of nitrogens with one attached hydrogen (secondary N) is 2. The van der Waals surface area contributed by atoms with Crippen molar-refractivity contribution in [2.24, 2.45) is 0 Å². The first-order chi connectivity index (χ1) is 18.5. The van der Waals surface area contributed by atoms with Gasteiger partial charge in [0.2, 0.25) is 5.95 Å². The average molecular weight is 505 g/mol. The molecule has 8 nitrogen and oxygen atoms in total. The second-order valence-electron chi connectivity index (χ2n) is 9.12. The van der Waals surface area contributed by atoms with Crippen LogP contribution in [0.2, 0.25) is 0 Å². The Hall–Kier alpha value is -4.95. The van der Waals surface area contributed by atoms with E-state index in [-0.39, 0.29) is 11.9 Å². The van der Waals surface area contributed by atoms with Crippen LogP contribution in [-0.4, -0.2) is 34.2 Å². The van der Waals surface area contributed by atoms with E-state index >= 15 is 0 Å². The molecule has 0 bridgehead atoms. The Balaban J connectivity index is 1.45. The SMILES string of the molecule is COC(=O)Nc1nc2ccc(C3(O)c4ccccc4C(=O)N3c3cccc(Cc4ccccc4)c3)cc2[nH]1. The minimum Gasteiger partial charge on any atom is -0.453 e. The van der Waals surface area contributed by atoms with Crippen LogP contribution >= 0.6 is 0 Å². The van der Waals surface area contributed by atoms with Crippen LogP contribution in [0.4, 0.5) is 16.4 Å². The number of amides is 2. The van der Waals surface area contributed by atoms with Crippen molar-refractivity contribution < 1.29 is 19.4 Å². The highest BCUT2D eigenvalue weighted by Gasteiger charge is 2.50. The number of H-pyrrole nitrogens is 1. The first-order valence-corrected chi connectivity index (χ1v) is 12.1. The van der Waals surface area contributed by atoms with Crippen LogP contribution < -0.4 is 10.2 Å². The maximum Gasteiger partial charge on any atom is 0.413 e. The number of benzene rings is 4. The summed E-state index contributed by atoms with van der Waals surface area (Å²) in [5, 5.41) is 14.9. The lowest BCUT2D eigenvalue weighted by Gasteiger charge is -2.35. The molecule has 1 aromatic heterocycles. The number of anilines is 2. The van der Waals surface area contributed by atoms with Crippen molar-refractivity contribution in [2.45, 2.75) is 12.1 Å². The Morgan fingerprint density at radius 1 is 0.974 bits per heavy atom. The maximum absolute atomic E-state index is 13.8. The zero-order valence-corrected chi connectivity index (χ0v) is 20.5. The predicted molar refractivity (Wildman–Crippen MR) is 144 cm³/mol. The van der Waals surface area contributed by atoms with Gasteiger partial charge in [-0.15, -0.1) is 0 Å². The molecule has 0 fully saturated rings. The van der Waals surface area contributed by atoms with Gasteiger partial charge in [0.05, 0.1) is 18.1 Å². The molecule has 2 amide bonds. The van der Waals surface area contributed by atoms with Crippen molar-refractivity contribution in [1.82, 2.24) is 9.97 Å². The lowest BCUT2D eigenvalue weighted by Crippen LogP contribution is -2.45. The molecule has 1 unspecified atom stereocenters. The van der Waals surface area contributed by atoms with Gasteiger partial charge >= 0.3 is 6.09 Å². The van der Waals surface area contributed by atoms with Crippen LogP contribution in [0.3, 0.4) is 0 Å². The fourth-order valence-corrected chi connectivity index (χ4v) is 5.02. The predicted octanol–water partition coefficient (Wildman–Crippen LogP) is 5.19. The van der Waals surface area contributed by atoms with Crippen LogP contribution in [-0.2, 0) is 16.9 Å². The molecule has 5 aromatic rings. The quantitative estimate of drug-likeness (QED) is 0.306. The van der Waals surface area contributed by atoms with Gasteiger partial charge in [0.25, 0.3) is 5.91 Å². The normalized spacial score (nSPS) is 16.5. The number of carbonyl (C=O) groups excluding carboxylic acids is 2. The van der Waals surface area contributed by atoms with E-state index in [0.717, 1.165) is 11.1 Å². The number of aromatic nitrogens is 2. The second kappa shape index (κ2) is 9.17. The number of fused-ring (bicyclic) bond motifs is 2. The van der Waals surface area contributed by atoms with Gasteiger partial charge in [-0.1, -0.05) is 66.7 Å². The number of nitrogens with zero attached hydrogens (tertiary/aromatic N) is 2. The highest BCUT2D eigenvalue weighted by molar-refractivity contribution is 6.12. The summed E-state index contributed by atoms with van der Waals surface area (Å²) in [6.45, 7) is 0. The molecule has 1 aliphatic heterocycles. The lowest BCUT2D eigenvalue weighted by molar-refractivity contribution is 0.0704. The van der Waals surface area contributed by atoms with Gasteiger partial charge in [-0.25, -0.2) is 9.78 Å². The molecule has 38 heavy (non-hydrogen) atoms. The molecule has 0 radical (unpaired) electrons. The van der Waals surface area contributed by atoms with Crippen molar-refractivity contribution in [2.75, 3.05) is 17.3 Å². The zero-order valence-electron chi connectivity index (χ0n) is 20.5. The van der Waals surface area contributed by atoms with E-state index in [1.807, 2.05) is 42.5 Å². The summed E-state index contributed by atoms with van der Waals surface area (Å²) in [5.41, 5.74) is 3.54. The topological polar surface area (TPSA) is 108 Å². The number of hydrogen-bond donors (Lipinski definition) is 3. The van der Waals surface area contributed by atoms with E-state index in [1.54, 1.807) is 42.5 Å². The van der Waals surface area contributed by atoms with Crippen LogP contribution in [0.1, 0.15) is 32.6 Å². The van der Waals surface area contributed by atoms with E-state index in [4.69, 9.17) is 0 Å². The summed E-state index contributed by atoms with van der Waals surface area (Å²) in [4.78, 5) is 34.2. The fraction of sp³-hybridized carbons (Fsp3) is 0.100. The van der Waals surface area contributed by atoms with Gasteiger partial charge in [-0.3, -0.25) is 15.0 Å². The number of rotatable bonds is 5. The van der Waals surface area contributed by atoms with E-state index < -0.39 is 11.8 Å². The molecule has 188 valence electrons. The van der Waals surface area contributed by atoms with Crippen molar-refractivity contribution in [3.8, 4) is 0 Å². The van der Waals surface area contributed by atoms with E-state index in [9.17, 15) is 14.7 Å². The Kier molecular flexibility index (Phi) is 5.66. The number of methoxy groups -OCH3 is 1. The van der Waals surface area contributed by atoms with Gasteiger partial charge in [-0.05, 0) is 47.9 Å². The first kappa shape index (κ1) is 23.4. The van der Waals surface area contributed by atoms with Gasteiger partial charge in [0.15, 0.2) is 5.72 Å². The Labute approximate surface area is 218 Å². The highest BCUT2D eigenvalue weighted by Crippen LogP contribution is 2.45. The number of imidazole rings is 1. The minimum absolute atomic E-state index is 0.212. The van der Waals surface area contributed by atoms with Crippen molar-refractivity contribution in [3.05, 3.63) is 125 Å². The smallest absolute Gasteiger partial charge is 0.413 e. The summed E-state index contributed by atoms with van der Waals surface area (Å²) in [6, 6.07) is 30.1. The summed E-state index contributed by atoms with van der Waals surface area (Å²) in [5.74, 6) is -0.0814. The summed E-state index contributed by atoms with van der Waals surface area (Å²) in [6.07, 6.45) is 0.0396. The van der Waals surface area contributed by atoms with Crippen LogP contribution in [0.25, 0.3) is 11.0 Å². The fourth-order valence-electron chi connectivity index (χ4n) is 5.02. The third kappa shape index (κ3) is 3.88. The standard InChI is InChI=1S/C30H24N4O4/c1-38-29(36)33-28-31-25-15-14-21(18-26(25)32-28)30(37)24-13-6-5-12-23(24)27(35)34(30)22-11-7-10-20(17-22)16-19-8-3-2-4-9-19/h2-15,17-18,37H,16H2,1H3,(H2,31,32,33,36). The molecule has 4 aromatic carbocycles. The zero-order chi connectivity index (χ0) is 26.3. The third-order valence-electron chi connectivity index (χ3n) is 6.77. The van der Waals surface area contributed by atoms with Gasteiger partial charge in [-0.2, -0.15) is 0 Å². The van der Waals surface area contributed by atoms with Crippen molar-refractivity contribution in [1.29, 1.82) is 0 Å². The molecule has 0 saturated carbocycles. The molecular weight excluding hydrogens is 480 g/mol. The molecule has 2 heterocycles. The molecule has 1 atom stereocenters.